The normalized spacial score (nSPS) is 16.5. The van der Waals surface area contributed by atoms with E-state index in [9.17, 15) is 14.0 Å². The molecule has 0 aromatic heterocycles. The number of hydrogen-bond acceptors (Lipinski definition) is 3. The Morgan fingerprint density at radius 1 is 1.19 bits per heavy atom. The fourth-order valence-electron chi connectivity index (χ4n) is 3.02. The summed E-state index contributed by atoms with van der Waals surface area (Å²) in [6.45, 7) is 4.59. The van der Waals surface area contributed by atoms with Crippen molar-refractivity contribution in [3.63, 3.8) is 0 Å². The molecule has 0 aliphatic carbocycles. The lowest BCUT2D eigenvalue weighted by Gasteiger charge is -2.14. The summed E-state index contributed by atoms with van der Waals surface area (Å²) in [4.78, 5) is 25.7. The first-order chi connectivity index (χ1) is 12.4. The Morgan fingerprint density at radius 2 is 1.85 bits per heavy atom. The van der Waals surface area contributed by atoms with Crippen LogP contribution in [0.5, 0.6) is 0 Å². The average molecular weight is 356 g/mol. The van der Waals surface area contributed by atoms with Crippen LogP contribution < -0.4 is 10.2 Å². The van der Waals surface area contributed by atoms with E-state index in [0.29, 0.717) is 6.54 Å². The largest absolute Gasteiger partial charge is 0.442 e. The lowest BCUT2D eigenvalue weighted by atomic mass is 10.1. The van der Waals surface area contributed by atoms with E-state index < -0.39 is 12.2 Å². The molecule has 1 N–H and O–H groups in total. The van der Waals surface area contributed by atoms with Crippen molar-refractivity contribution in [1.82, 2.24) is 5.32 Å². The summed E-state index contributed by atoms with van der Waals surface area (Å²) in [5.41, 5.74) is 3.67. The first-order valence-electron chi connectivity index (χ1n) is 8.48. The number of rotatable bonds is 5. The van der Waals surface area contributed by atoms with Crippen LogP contribution >= 0.6 is 0 Å². The molecule has 1 saturated heterocycles. The van der Waals surface area contributed by atoms with Crippen LogP contribution in [0.25, 0.3) is 0 Å². The predicted octanol–water partition coefficient (Wildman–Crippen LogP) is 3.13. The SMILES string of the molecule is Cc1cc(C)cc(N2CC(CNC(=O)Cc3ccc(F)cc3)OC2=O)c1. The monoisotopic (exact) mass is 356 g/mol. The van der Waals surface area contributed by atoms with Crippen molar-refractivity contribution < 1.29 is 18.7 Å². The van der Waals surface area contributed by atoms with E-state index in [4.69, 9.17) is 4.74 Å². The molecule has 2 amide bonds. The van der Waals surface area contributed by atoms with Gasteiger partial charge in [0.25, 0.3) is 0 Å². The minimum atomic E-state index is -0.409. The second kappa shape index (κ2) is 7.56. The van der Waals surface area contributed by atoms with Crippen LogP contribution in [0.3, 0.4) is 0 Å². The van der Waals surface area contributed by atoms with Gasteiger partial charge in [-0.15, -0.1) is 0 Å². The maximum Gasteiger partial charge on any atom is 0.414 e. The Morgan fingerprint density at radius 3 is 2.50 bits per heavy atom. The molecule has 1 atom stereocenters. The fourth-order valence-corrected chi connectivity index (χ4v) is 3.02. The van der Waals surface area contributed by atoms with E-state index in [1.165, 1.54) is 12.1 Å². The molecule has 5 nitrogen and oxygen atoms in total. The number of halogens is 1. The molecule has 0 saturated carbocycles. The van der Waals surface area contributed by atoms with Crippen molar-refractivity contribution in [1.29, 1.82) is 0 Å². The molecule has 2 aromatic carbocycles. The summed E-state index contributed by atoms with van der Waals surface area (Å²) in [7, 11) is 0. The van der Waals surface area contributed by atoms with Crippen molar-refractivity contribution in [2.45, 2.75) is 26.4 Å². The molecule has 2 aromatic rings. The van der Waals surface area contributed by atoms with Crippen molar-refractivity contribution in [2.75, 3.05) is 18.0 Å². The zero-order valence-electron chi connectivity index (χ0n) is 14.8. The minimum absolute atomic E-state index is 0.154. The molecule has 1 heterocycles. The molecular weight excluding hydrogens is 335 g/mol. The molecule has 1 unspecified atom stereocenters. The van der Waals surface area contributed by atoms with Crippen molar-refractivity contribution in [3.05, 3.63) is 65.0 Å². The number of cyclic esters (lactones) is 1. The summed E-state index contributed by atoms with van der Waals surface area (Å²) in [5, 5.41) is 2.77. The number of nitrogens with one attached hydrogen (secondary N) is 1. The van der Waals surface area contributed by atoms with Gasteiger partial charge in [-0.05, 0) is 54.8 Å². The van der Waals surface area contributed by atoms with Crippen molar-refractivity contribution in [2.24, 2.45) is 0 Å². The van der Waals surface area contributed by atoms with Crippen LogP contribution in [0.4, 0.5) is 14.9 Å². The minimum Gasteiger partial charge on any atom is -0.442 e. The molecule has 26 heavy (non-hydrogen) atoms. The van der Waals surface area contributed by atoms with Gasteiger partial charge < -0.3 is 10.1 Å². The van der Waals surface area contributed by atoms with Crippen molar-refractivity contribution >= 4 is 17.7 Å². The van der Waals surface area contributed by atoms with E-state index in [-0.39, 0.29) is 24.7 Å². The number of anilines is 1. The van der Waals surface area contributed by atoms with E-state index in [1.807, 2.05) is 32.0 Å². The number of nitrogens with zero attached hydrogens (tertiary/aromatic N) is 1. The molecular formula is C20H21FN2O3. The summed E-state index contributed by atoms with van der Waals surface area (Å²) < 4.78 is 18.2. The maximum atomic E-state index is 12.9. The number of aryl methyl sites for hydroxylation is 2. The number of hydrogen-bond donors (Lipinski definition) is 1. The molecule has 0 spiro atoms. The highest BCUT2D eigenvalue weighted by atomic mass is 19.1. The molecule has 1 aliphatic rings. The predicted molar refractivity (Wildman–Crippen MR) is 96.6 cm³/mol. The third kappa shape index (κ3) is 4.39. The quantitative estimate of drug-likeness (QED) is 0.895. The van der Waals surface area contributed by atoms with Gasteiger partial charge in [0.05, 0.1) is 19.5 Å². The lowest BCUT2D eigenvalue weighted by molar-refractivity contribution is -0.120. The summed E-state index contributed by atoms with van der Waals surface area (Å²) in [6, 6.07) is 11.7. The van der Waals surface area contributed by atoms with E-state index in [0.717, 1.165) is 22.4 Å². The van der Waals surface area contributed by atoms with E-state index >= 15 is 0 Å². The van der Waals surface area contributed by atoms with Gasteiger partial charge in [0.1, 0.15) is 11.9 Å². The van der Waals surface area contributed by atoms with E-state index in [2.05, 4.69) is 5.32 Å². The molecule has 3 rings (SSSR count). The second-order valence-corrected chi connectivity index (χ2v) is 6.57. The zero-order chi connectivity index (χ0) is 18.7. The third-order valence-electron chi connectivity index (χ3n) is 4.20. The van der Waals surface area contributed by atoms with Gasteiger partial charge in [-0.1, -0.05) is 18.2 Å². The molecule has 0 bridgehead atoms. The Hall–Kier alpha value is -2.89. The molecule has 6 heteroatoms. The van der Waals surface area contributed by atoms with Gasteiger partial charge in [0.15, 0.2) is 0 Å². The van der Waals surface area contributed by atoms with Gasteiger partial charge in [-0.3, -0.25) is 9.69 Å². The van der Waals surface area contributed by atoms with Gasteiger partial charge in [0.2, 0.25) is 5.91 Å². The molecule has 136 valence electrons. The second-order valence-electron chi connectivity index (χ2n) is 6.57. The molecule has 1 fully saturated rings. The van der Waals surface area contributed by atoms with Crippen LogP contribution in [0, 0.1) is 19.7 Å². The molecule has 0 radical (unpaired) electrons. The number of amides is 2. The first-order valence-corrected chi connectivity index (χ1v) is 8.48. The smallest absolute Gasteiger partial charge is 0.414 e. The first kappa shape index (κ1) is 17.9. The number of benzene rings is 2. The van der Waals surface area contributed by atoms with Crippen LogP contribution in [-0.4, -0.2) is 31.2 Å². The Labute approximate surface area is 151 Å². The summed E-state index contributed by atoms with van der Waals surface area (Å²) >= 11 is 0. The van der Waals surface area contributed by atoms with Gasteiger partial charge in [-0.25, -0.2) is 9.18 Å². The number of carbonyl (C=O) groups is 2. The average Bonchev–Trinajstić information content (AvgIpc) is 2.95. The highest BCUT2D eigenvalue weighted by Crippen LogP contribution is 2.24. The van der Waals surface area contributed by atoms with Crippen LogP contribution in [0.15, 0.2) is 42.5 Å². The third-order valence-corrected chi connectivity index (χ3v) is 4.20. The van der Waals surface area contributed by atoms with Crippen LogP contribution in [0.1, 0.15) is 16.7 Å². The van der Waals surface area contributed by atoms with Crippen molar-refractivity contribution in [3.8, 4) is 0 Å². The number of carbonyl (C=O) groups excluding carboxylic acids is 2. The summed E-state index contributed by atoms with van der Waals surface area (Å²) in [5.74, 6) is -0.531. The number of ether oxygens (including phenoxy) is 1. The van der Waals surface area contributed by atoms with E-state index in [1.54, 1.807) is 17.0 Å². The van der Waals surface area contributed by atoms with Gasteiger partial charge >= 0.3 is 6.09 Å². The Bertz CT molecular complexity index is 800. The molecule has 1 aliphatic heterocycles. The highest BCUT2D eigenvalue weighted by molar-refractivity contribution is 5.90. The lowest BCUT2D eigenvalue weighted by Crippen LogP contribution is -2.35. The fraction of sp³-hybridized carbons (Fsp3) is 0.300. The van der Waals surface area contributed by atoms with Crippen LogP contribution in [0.2, 0.25) is 0 Å². The standard InChI is InChI=1S/C20H21FN2O3/c1-13-7-14(2)9-17(8-13)23-12-18(26-20(23)25)11-22-19(24)10-15-3-5-16(21)6-4-15/h3-9,18H,10-12H2,1-2H3,(H,22,24). The topological polar surface area (TPSA) is 58.6 Å². The van der Waals surface area contributed by atoms with Gasteiger partial charge in [0, 0.05) is 5.69 Å². The van der Waals surface area contributed by atoms with Crippen LogP contribution in [-0.2, 0) is 16.0 Å². The Balaban J connectivity index is 1.54. The highest BCUT2D eigenvalue weighted by Gasteiger charge is 2.32. The summed E-state index contributed by atoms with van der Waals surface area (Å²) in [6.07, 6.45) is -0.657. The zero-order valence-corrected chi connectivity index (χ0v) is 14.8. The Kier molecular flexibility index (Phi) is 5.21. The maximum absolute atomic E-state index is 12.9. The van der Waals surface area contributed by atoms with Gasteiger partial charge in [-0.2, -0.15) is 0 Å².